The van der Waals surface area contributed by atoms with E-state index in [9.17, 15) is 0 Å². The lowest BCUT2D eigenvalue weighted by Gasteiger charge is -2.03. The van der Waals surface area contributed by atoms with Crippen LogP contribution in [0.5, 0.6) is 0 Å². The van der Waals surface area contributed by atoms with Crippen molar-refractivity contribution in [1.29, 1.82) is 0 Å². The summed E-state index contributed by atoms with van der Waals surface area (Å²) in [5.41, 5.74) is 0. The molecule has 0 saturated carbocycles. The fourth-order valence-electron chi connectivity index (χ4n) is 0.719. The van der Waals surface area contributed by atoms with E-state index in [0.717, 1.165) is 0 Å². The van der Waals surface area contributed by atoms with Gasteiger partial charge in [-0.2, -0.15) is 0 Å². The molecule has 1 nitrogen and oxygen atoms in total. The number of allylic oxidation sites excluding steroid dienone is 7. The van der Waals surface area contributed by atoms with Crippen LogP contribution in [0.2, 0.25) is 0 Å². The molecule has 0 radical (unpaired) electrons. The van der Waals surface area contributed by atoms with Crippen molar-refractivity contribution in [2.45, 2.75) is 6.92 Å². The average molecular weight is 188 g/mol. The van der Waals surface area contributed by atoms with Gasteiger partial charge >= 0.3 is 0 Å². The molecule has 0 aliphatic heterocycles. The molecule has 0 aliphatic carbocycles. The summed E-state index contributed by atoms with van der Waals surface area (Å²) in [7, 11) is 0. The molecule has 74 valence electrons. The van der Waals surface area contributed by atoms with E-state index >= 15 is 0 Å². The van der Waals surface area contributed by atoms with Gasteiger partial charge in [0.2, 0.25) is 0 Å². The highest BCUT2D eigenvalue weighted by molar-refractivity contribution is 5.21. The third kappa shape index (κ3) is 5.84. The maximum atomic E-state index is 5.34. The summed E-state index contributed by atoms with van der Waals surface area (Å²) in [5.74, 6) is 1.20. The molecule has 0 aliphatic rings. The first-order valence-corrected chi connectivity index (χ1v) is 4.36. The van der Waals surface area contributed by atoms with Gasteiger partial charge in [0.15, 0.2) is 0 Å². The minimum Gasteiger partial charge on any atom is -0.458 e. The van der Waals surface area contributed by atoms with E-state index in [1.165, 1.54) is 0 Å². The lowest BCUT2D eigenvalue weighted by atomic mass is 10.4. The summed E-state index contributed by atoms with van der Waals surface area (Å²) in [6.45, 7) is 12.9. The van der Waals surface area contributed by atoms with Crippen LogP contribution in [0.3, 0.4) is 0 Å². The van der Waals surface area contributed by atoms with Crippen molar-refractivity contribution in [2.24, 2.45) is 0 Å². The summed E-state index contributed by atoms with van der Waals surface area (Å²) in [4.78, 5) is 0. The zero-order chi connectivity index (χ0) is 10.8. The molecule has 1 heteroatoms. The molecule has 0 unspecified atom stereocenters. The molecule has 0 atom stereocenters. The van der Waals surface area contributed by atoms with Crippen molar-refractivity contribution >= 4 is 0 Å². The first kappa shape index (κ1) is 12.2. The third-order valence-corrected chi connectivity index (χ3v) is 1.32. The highest BCUT2D eigenvalue weighted by Crippen LogP contribution is 2.06. The first-order valence-electron chi connectivity index (χ1n) is 4.36. The molecule has 0 aromatic rings. The van der Waals surface area contributed by atoms with Crippen molar-refractivity contribution in [1.82, 2.24) is 0 Å². The Bertz CT molecular complexity index is 290. The van der Waals surface area contributed by atoms with Crippen LogP contribution in [0.15, 0.2) is 73.8 Å². The van der Waals surface area contributed by atoms with E-state index < -0.39 is 0 Å². The predicted molar refractivity (Wildman–Crippen MR) is 62.7 cm³/mol. The van der Waals surface area contributed by atoms with Gasteiger partial charge in [0.25, 0.3) is 0 Å². The van der Waals surface area contributed by atoms with Gasteiger partial charge in [-0.05, 0) is 25.2 Å². The molecule has 0 aromatic heterocycles. The fraction of sp³-hybridized carbons (Fsp3) is 0.0769. The largest absolute Gasteiger partial charge is 0.458 e. The molecule has 0 bridgehead atoms. The van der Waals surface area contributed by atoms with Gasteiger partial charge in [-0.3, -0.25) is 0 Å². The Morgan fingerprint density at radius 3 is 2.43 bits per heavy atom. The van der Waals surface area contributed by atoms with Crippen molar-refractivity contribution in [3.05, 3.63) is 73.8 Å². The normalized spacial score (nSPS) is 11.9. The Balaban J connectivity index is 4.23. The van der Waals surface area contributed by atoms with Gasteiger partial charge in [-0.25, -0.2) is 0 Å². The maximum Gasteiger partial charge on any atom is 0.126 e. The fourth-order valence-corrected chi connectivity index (χ4v) is 0.719. The van der Waals surface area contributed by atoms with Gasteiger partial charge in [-0.15, -0.1) is 0 Å². The van der Waals surface area contributed by atoms with Crippen LogP contribution in [-0.2, 0) is 4.74 Å². The topological polar surface area (TPSA) is 9.23 Å². The van der Waals surface area contributed by atoms with Crippen LogP contribution < -0.4 is 0 Å². The van der Waals surface area contributed by atoms with E-state index in [1.54, 1.807) is 24.3 Å². The highest BCUT2D eigenvalue weighted by Gasteiger charge is 1.91. The predicted octanol–water partition coefficient (Wildman–Crippen LogP) is 3.90. The summed E-state index contributed by atoms with van der Waals surface area (Å²) in [6.07, 6.45) is 12.4. The van der Waals surface area contributed by atoms with Gasteiger partial charge in [0.05, 0.1) is 0 Å². The van der Waals surface area contributed by atoms with Crippen LogP contribution in [0.25, 0.3) is 0 Å². The molecular weight excluding hydrogens is 172 g/mol. The minimum atomic E-state index is 0.566. The second-order valence-electron chi connectivity index (χ2n) is 2.46. The number of ether oxygens (including phenoxy) is 1. The molecule has 0 fully saturated rings. The quantitative estimate of drug-likeness (QED) is 0.453. The lowest BCUT2D eigenvalue weighted by molar-refractivity contribution is 0.338. The zero-order valence-electron chi connectivity index (χ0n) is 8.57. The Morgan fingerprint density at radius 1 is 1.21 bits per heavy atom. The van der Waals surface area contributed by atoms with E-state index in [0.29, 0.717) is 11.5 Å². The van der Waals surface area contributed by atoms with E-state index in [4.69, 9.17) is 4.74 Å². The standard InChI is InChI=1S/C13H16O/c1-5-8-9-11-12(4)14-13(7-3)10-6-2/h5-11H,2-4H2,1H3/b8-5-,11-9-,13-10+. The van der Waals surface area contributed by atoms with Crippen LogP contribution in [-0.4, -0.2) is 0 Å². The van der Waals surface area contributed by atoms with Crippen molar-refractivity contribution < 1.29 is 4.74 Å². The van der Waals surface area contributed by atoms with Crippen molar-refractivity contribution in [2.75, 3.05) is 0 Å². The van der Waals surface area contributed by atoms with Crippen LogP contribution >= 0.6 is 0 Å². The van der Waals surface area contributed by atoms with Crippen LogP contribution in [0.1, 0.15) is 6.92 Å². The van der Waals surface area contributed by atoms with E-state index in [-0.39, 0.29) is 0 Å². The van der Waals surface area contributed by atoms with Crippen LogP contribution in [0.4, 0.5) is 0 Å². The van der Waals surface area contributed by atoms with Crippen molar-refractivity contribution in [3.8, 4) is 0 Å². The SMILES string of the molecule is C=C/C=C(\C=C)OC(=C)/C=C\C=C/C. The molecule has 14 heavy (non-hydrogen) atoms. The first-order chi connectivity index (χ1) is 6.74. The molecule has 0 heterocycles. The molecule has 0 rings (SSSR count). The lowest BCUT2D eigenvalue weighted by Crippen LogP contribution is -1.85. The Hall–Kier alpha value is -1.76. The summed E-state index contributed by atoms with van der Waals surface area (Å²) < 4.78 is 5.34. The second-order valence-corrected chi connectivity index (χ2v) is 2.46. The minimum absolute atomic E-state index is 0.566. The summed E-state index contributed by atoms with van der Waals surface area (Å²) in [5, 5.41) is 0. The Morgan fingerprint density at radius 2 is 1.93 bits per heavy atom. The van der Waals surface area contributed by atoms with Gasteiger partial charge in [-0.1, -0.05) is 44.0 Å². The number of hydrogen-bond donors (Lipinski definition) is 0. The van der Waals surface area contributed by atoms with Crippen molar-refractivity contribution in [3.63, 3.8) is 0 Å². The zero-order valence-corrected chi connectivity index (χ0v) is 8.57. The van der Waals surface area contributed by atoms with Gasteiger partial charge in [0, 0.05) is 0 Å². The molecule has 0 aromatic carbocycles. The van der Waals surface area contributed by atoms with E-state index in [1.807, 2.05) is 25.2 Å². The Labute approximate surface area is 86.1 Å². The number of rotatable bonds is 6. The maximum absolute atomic E-state index is 5.34. The molecule has 0 amide bonds. The molecular formula is C13H16O. The highest BCUT2D eigenvalue weighted by atomic mass is 16.5. The molecule has 0 saturated heterocycles. The number of hydrogen-bond acceptors (Lipinski definition) is 1. The third-order valence-electron chi connectivity index (χ3n) is 1.32. The monoisotopic (exact) mass is 188 g/mol. The second kappa shape index (κ2) is 7.87. The summed E-state index contributed by atoms with van der Waals surface area (Å²) in [6, 6.07) is 0. The van der Waals surface area contributed by atoms with Crippen LogP contribution in [0, 0.1) is 0 Å². The molecule has 0 N–H and O–H groups in total. The van der Waals surface area contributed by atoms with Gasteiger partial charge < -0.3 is 4.74 Å². The summed E-state index contributed by atoms with van der Waals surface area (Å²) >= 11 is 0. The van der Waals surface area contributed by atoms with Gasteiger partial charge in [0.1, 0.15) is 11.5 Å². The average Bonchev–Trinajstić information content (AvgIpc) is 2.17. The smallest absolute Gasteiger partial charge is 0.126 e. The van der Waals surface area contributed by atoms with E-state index in [2.05, 4.69) is 19.7 Å². The Kier molecular flexibility index (Phi) is 6.88. The molecule has 0 spiro atoms.